The second-order valence-corrected chi connectivity index (χ2v) is 8.18. The van der Waals surface area contributed by atoms with Gasteiger partial charge >= 0.3 is 0 Å². The maximum Gasteiger partial charge on any atom is 0.264 e. The molecule has 0 spiro atoms. The van der Waals surface area contributed by atoms with Crippen LogP contribution in [0, 0.1) is 27.7 Å². The van der Waals surface area contributed by atoms with E-state index < -0.39 is 0 Å². The third-order valence-electron chi connectivity index (χ3n) is 5.03. The van der Waals surface area contributed by atoms with Gasteiger partial charge in [0.25, 0.3) is 5.91 Å². The average Bonchev–Trinajstić information content (AvgIpc) is 3.29. The van der Waals surface area contributed by atoms with E-state index in [0.29, 0.717) is 16.1 Å². The monoisotopic (exact) mass is 365 g/mol. The summed E-state index contributed by atoms with van der Waals surface area (Å²) < 4.78 is 2.40. The molecular formula is C21H23N3OS. The first-order valence-electron chi connectivity index (χ1n) is 8.98. The zero-order valence-corrected chi connectivity index (χ0v) is 16.4. The second kappa shape index (κ2) is 6.47. The number of para-hydroxylation sites is 1. The van der Waals surface area contributed by atoms with Gasteiger partial charge in [-0.15, -0.1) is 0 Å². The zero-order valence-electron chi connectivity index (χ0n) is 15.6. The molecule has 0 bridgehead atoms. The van der Waals surface area contributed by atoms with E-state index in [9.17, 15) is 4.79 Å². The summed E-state index contributed by atoms with van der Waals surface area (Å²) in [6.45, 7) is 8.36. The third-order valence-corrected chi connectivity index (χ3v) is 5.94. The highest BCUT2D eigenvalue weighted by molar-refractivity contribution is 8.18. The van der Waals surface area contributed by atoms with Gasteiger partial charge in [-0.05, 0) is 81.1 Å². The molecule has 1 aliphatic carbocycles. The maximum atomic E-state index is 12.4. The van der Waals surface area contributed by atoms with Crippen LogP contribution in [0.25, 0.3) is 6.08 Å². The quantitative estimate of drug-likeness (QED) is 0.783. The summed E-state index contributed by atoms with van der Waals surface area (Å²) in [4.78, 5) is 17.8. The number of aliphatic imine (C=N–C) groups is 1. The molecule has 1 aromatic heterocycles. The molecule has 5 heteroatoms. The first-order chi connectivity index (χ1) is 12.4. The summed E-state index contributed by atoms with van der Waals surface area (Å²) in [6.07, 6.45) is 4.51. The molecule has 1 aromatic carbocycles. The molecule has 2 heterocycles. The predicted octanol–water partition coefficient (Wildman–Crippen LogP) is 4.95. The van der Waals surface area contributed by atoms with Gasteiger partial charge in [-0.25, -0.2) is 4.99 Å². The minimum Gasteiger partial charge on any atom is -0.346 e. The number of rotatable bonds is 3. The van der Waals surface area contributed by atoms with E-state index in [0.717, 1.165) is 22.4 Å². The summed E-state index contributed by atoms with van der Waals surface area (Å²) in [5.41, 5.74) is 6.79. The molecule has 1 saturated heterocycles. The number of benzene rings is 1. The number of thioether (sulfide) groups is 1. The number of nitrogens with zero attached hydrogens (tertiary/aromatic N) is 2. The van der Waals surface area contributed by atoms with Crippen molar-refractivity contribution in [1.82, 2.24) is 9.88 Å². The molecule has 4 rings (SSSR count). The minimum absolute atomic E-state index is 0.0730. The molecule has 134 valence electrons. The molecule has 1 N–H and O–H groups in total. The highest BCUT2D eigenvalue weighted by atomic mass is 32.2. The Morgan fingerprint density at radius 3 is 2.54 bits per heavy atom. The second-order valence-electron chi connectivity index (χ2n) is 7.15. The van der Waals surface area contributed by atoms with Gasteiger partial charge in [-0.3, -0.25) is 4.79 Å². The molecule has 1 amide bonds. The van der Waals surface area contributed by atoms with Crippen molar-refractivity contribution in [3.8, 4) is 0 Å². The van der Waals surface area contributed by atoms with E-state index in [2.05, 4.69) is 34.8 Å². The van der Waals surface area contributed by atoms with Gasteiger partial charge < -0.3 is 9.88 Å². The number of hydrogen-bond donors (Lipinski definition) is 1. The van der Waals surface area contributed by atoms with Crippen molar-refractivity contribution in [3.63, 3.8) is 0 Å². The number of hydrogen-bond acceptors (Lipinski definition) is 3. The van der Waals surface area contributed by atoms with E-state index in [4.69, 9.17) is 0 Å². The molecule has 2 aromatic rings. The fraction of sp³-hybridized carbons (Fsp3) is 0.333. The van der Waals surface area contributed by atoms with Crippen LogP contribution in [0.5, 0.6) is 0 Å². The van der Waals surface area contributed by atoms with E-state index >= 15 is 0 Å². The normalized spacial score (nSPS) is 20.2. The van der Waals surface area contributed by atoms with Crippen molar-refractivity contribution in [1.29, 1.82) is 0 Å². The number of aryl methyl sites for hydroxylation is 3. The lowest BCUT2D eigenvalue weighted by Crippen LogP contribution is -2.19. The number of amidine groups is 1. The van der Waals surface area contributed by atoms with E-state index in [1.165, 1.54) is 36.0 Å². The van der Waals surface area contributed by atoms with Crippen molar-refractivity contribution in [3.05, 3.63) is 57.2 Å². The number of carbonyl (C=O) groups is 1. The summed E-state index contributed by atoms with van der Waals surface area (Å²) in [6, 6.07) is 8.92. The van der Waals surface area contributed by atoms with Crippen LogP contribution in [-0.2, 0) is 4.79 Å². The van der Waals surface area contributed by atoms with Crippen molar-refractivity contribution in [2.75, 3.05) is 0 Å². The van der Waals surface area contributed by atoms with Crippen LogP contribution >= 0.6 is 11.8 Å². The standard InChI is InChI=1S/C21H23N3OS/c1-12-6-5-7-13(2)19(12)22-21-23-20(25)18(26-21)11-16-10-14(3)24(15(16)4)17-8-9-17/h5-7,10-11,17H,8-9H2,1-4H3,(H,22,23,25). The number of nitrogens with one attached hydrogen (secondary N) is 1. The molecular weight excluding hydrogens is 342 g/mol. The van der Waals surface area contributed by atoms with Gasteiger partial charge in [0.15, 0.2) is 5.17 Å². The van der Waals surface area contributed by atoms with Gasteiger partial charge in [0.1, 0.15) is 0 Å². The molecule has 1 saturated carbocycles. The van der Waals surface area contributed by atoms with Crippen molar-refractivity contribution < 1.29 is 4.79 Å². The Hall–Kier alpha value is -2.27. The first-order valence-corrected chi connectivity index (χ1v) is 9.80. The Kier molecular flexibility index (Phi) is 4.27. The fourth-order valence-corrected chi connectivity index (χ4v) is 4.37. The molecule has 2 aliphatic rings. The van der Waals surface area contributed by atoms with Gasteiger partial charge in [0.2, 0.25) is 0 Å². The van der Waals surface area contributed by atoms with Crippen LogP contribution in [0.4, 0.5) is 5.69 Å². The Morgan fingerprint density at radius 1 is 1.19 bits per heavy atom. The van der Waals surface area contributed by atoms with Crippen LogP contribution < -0.4 is 5.32 Å². The predicted molar refractivity (Wildman–Crippen MR) is 109 cm³/mol. The van der Waals surface area contributed by atoms with Crippen LogP contribution in [0.15, 0.2) is 34.2 Å². The number of aromatic nitrogens is 1. The Bertz CT molecular complexity index is 944. The number of amides is 1. The summed E-state index contributed by atoms with van der Waals surface area (Å²) >= 11 is 1.41. The average molecular weight is 366 g/mol. The summed E-state index contributed by atoms with van der Waals surface area (Å²) in [7, 11) is 0. The molecule has 2 fully saturated rings. The van der Waals surface area contributed by atoms with E-state index in [-0.39, 0.29) is 5.91 Å². The van der Waals surface area contributed by atoms with Gasteiger partial charge in [0.05, 0.1) is 10.6 Å². The van der Waals surface area contributed by atoms with Crippen LogP contribution in [0.2, 0.25) is 0 Å². The van der Waals surface area contributed by atoms with Gasteiger partial charge in [0, 0.05) is 17.4 Å². The van der Waals surface area contributed by atoms with Crippen molar-refractivity contribution in [2.24, 2.45) is 4.99 Å². The van der Waals surface area contributed by atoms with Gasteiger partial charge in [-0.1, -0.05) is 18.2 Å². The summed E-state index contributed by atoms with van der Waals surface area (Å²) in [5, 5.41) is 3.55. The third kappa shape index (κ3) is 3.12. The lowest BCUT2D eigenvalue weighted by Gasteiger charge is -2.06. The van der Waals surface area contributed by atoms with Crippen LogP contribution in [0.3, 0.4) is 0 Å². The Morgan fingerprint density at radius 2 is 1.88 bits per heavy atom. The van der Waals surface area contributed by atoms with Crippen LogP contribution in [-0.4, -0.2) is 15.6 Å². The molecule has 0 unspecified atom stereocenters. The fourth-order valence-electron chi connectivity index (χ4n) is 3.55. The molecule has 26 heavy (non-hydrogen) atoms. The summed E-state index contributed by atoms with van der Waals surface area (Å²) in [5.74, 6) is -0.0730. The zero-order chi connectivity index (χ0) is 18.4. The lowest BCUT2D eigenvalue weighted by atomic mass is 10.1. The van der Waals surface area contributed by atoms with E-state index in [1.807, 2.05) is 38.1 Å². The highest BCUT2D eigenvalue weighted by Crippen LogP contribution is 2.39. The van der Waals surface area contributed by atoms with Gasteiger partial charge in [-0.2, -0.15) is 0 Å². The minimum atomic E-state index is -0.0730. The lowest BCUT2D eigenvalue weighted by molar-refractivity contribution is -0.115. The first kappa shape index (κ1) is 17.2. The molecule has 0 atom stereocenters. The smallest absolute Gasteiger partial charge is 0.264 e. The molecule has 4 nitrogen and oxygen atoms in total. The topological polar surface area (TPSA) is 46.4 Å². The van der Waals surface area contributed by atoms with E-state index in [1.54, 1.807) is 0 Å². The Labute approximate surface area is 158 Å². The van der Waals surface area contributed by atoms with Crippen molar-refractivity contribution in [2.45, 2.75) is 46.6 Å². The maximum absolute atomic E-state index is 12.4. The Balaban J connectivity index is 1.64. The van der Waals surface area contributed by atoms with Crippen LogP contribution in [0.1, 0.15) is 47.0 Å². The largest absolute Gasteiger partial charge is 0.346 e. The SMILES string of the molecule is Cc1cccc(C)c1N=C1NC(=O)C(=Cc2cc(C)n(C3CC3)c2C)S1. The molecule has 1 aliphatic heterocycles. The van der Waals surface area contributed by atoms with Crippen molar-refractivity contribution >= 4 is 34.6 Å². The number of carbonyl (C=O) groups excluding carboxylic acids is 1. The highest BCUT2D eigenvalue weighted by Gasteiger charge is 2.28. The molecule has 0 radical (unpaired) electrons.